The Morgan fingerprint density at radius 3 is 2.15 bits per heavy atom. The third-order valence-corrected chi connectivity index (χ3v) is 14.4. The first-order valence-electron chi connectivity index (χ1n) is 23.1. The minimum absolute atomic E-state index is 0.0203. The average molecular weight is 1080 g/mol. The van der Waals surface area contributed by atoms with Crippen LogP contribution in [0.4, 0.5) is 5.82 Å². The third kappa shape index (κ3) is 24.0. The van der Waals surface area contributed by atoms with Gasteiger partial charge in [0.05, 0.1) is 27.4 Å². The number of fused-ring (bicyclic) bond motifs is 1. The van der Waals surface area contributed by atoms with E-state index in [2.05, 4.69) is 99.0 Å². The molecule has 1 aliphatic rings. The Hall–Kier alpha value is -3.48. The molecular formula is C43H66N7O17P3S-4. The highest BCUT2D eigenvalue weighted by atomic mass is 32.2. The number of unbranched alkanes of at least 4 members (excludes halogenated alkanes) is 6. The van der Waals surface area contributed by atoms with Gasteiger partial charge in [0.15, 0.2) is 22.8 Å². The van der Waals surface area contributed by atoms with Crippen molar-refractivity contribution in [2.45, 2.75) is 135 Å². The molecule has 0 aliphatic carbocycles. The lowest BCUT2D eigenvalue weighted by Gasteiger charge is -2.36. The van der Waals surface area contributed by atoms with E-state index in [1.54, 1.807) is 0 Å². The van der Waals surface area contributed by atoms with E-state index < -0.39 is 84.6 Å². The molecule has 6 N–H and O–H groups in total. The number of nitrogens with two attached hydrogens (primary N) is 1. The monoisotopic (exact) mass is 1080 g/mol. The maximum atomic E-state index is 12.7. The number of hydrogen-bond donors (Lipinski definition) is 5. The second kappa shape index (κ2) is 31.3. The van der Waals surface area contributed by atoms with Crippen LogP contribution in [0, 0.1) is 5.41 Å². The van der Waals surface area contributed by atoms with Crippen LogP contribution in [-0.2, 0) is 50.7 Å². The maximum absolute atomic E-state index is 12.7. The fourth-order valence-electron chi connectivity index (χ4n) is 6.68. The first-order chi connectivity index (χ1) is 33.6. The fourth-order valence-corrected chi connectivity index (χ4v) is 10.1. The molecule has 7 atom stereocenters. The van der Waals surface area contributed by atoms with Gasteiger partial charge < -0.3 is 69.0 Å². The van der Waals surface area contributed by atoms with Gasteiger partial charge in [0.1, 0.15) is 36.3 Å². The molecule has 71 heavy (non-hydrogen) atoms. The number of aliphatic hydroxyl groups is 2. The number of thioether (sulfide) groups is 1. The Kier molecular flexibility index (Phi) is 27.3. The number of hydrogen-bond acceptors (Lipinski definition) is 22. The van der Waals surface area contributed by atoms with Gasteiger partial charge in [0, 0.05) is 37.1 Å². The summed E-state index contributed by atoms with van der Waals surface area (Å²) in [4.78, 5) is 97.0. The quantitative estimate of drug-likeness (QED) is 0.0376. The molecule has 1 fully saturated rings. The van der Waals surface area contributed by atoms with Crippen molar-refractivity contribution in [2.24, 2.45) is 5.41 Å². The summed E-state index contributed by atoms with van der Waals surface area (Å²) in [7, 11) is -17.6. The number of rotatable bonds is 35. The number of amides is 2. The molecule has 0 spiro atoms. The second-order valence-corrected chi connectivity index (χ2v) is 22.1. The van der Waals surface area contributed by atoms with Gasteiger partial charge in [-0.15, -0.1) is 0 Å². The van der Waals surface area contributed by atoms with E-state index in [9.17, 15) is 57.9 Å². The van der Waals surface area contributed by atoms with E-state index in [1.165, 1.54) is 13.8 Å². The molecule has 2 unspecified atom stereocenters. The molecule has 28 heteroatoms. The van der Waals surface area contributed by atoms with Crippen LogP contribution < -0.4 is 35.9 Å². The lowest BCUT2D eigenvalue weighted by molar-refractivity contribution is -0.347. The molecule has 2 aromatic heterocycles. The number of imidazole rings is 1. The first kappa shape index (κ1) is 61.8. The number of phosphoric ester groups is 3. The van der Waals surface area contributed by atoms with Crippen LogP contribution in [0.5, 0.6) is 0 Å². The number of aliphatic hydroxyl groups excluding tert-OH is 2. The van der Waals surface area contributed by atoms with E-state index in [4.69, 9.17) is 10.5 Å². The van der Waals surface area contributed by atoms with Gasteiger partial charge in [-0.05, 0) is 44.9 Å². The van der Waals surface area contributed by atoms with Gasteiger partial charge in [0.2, 0.25) is 11.8 Å². The highest BCUT2D eigenvalue weighted by Crippen LogP contribution is 2.56. The third-order valence-electron chi connectivity index (χ3n) is 10.5. The zero-order valence-electron chi connectivity index (χ0n) is 40.0. The molecule has 2 amide bonds. The first-order valence-corrected chi connectivity index (χ1v) is 28.5. The van der Waals surface area contributed by atoms with Gasteiger partial charge in [-0.3, -0.25) is 28.1 Å². The summed E-state index contributed by atoms with van der Waals surface area (Å²) in [5.74, 6) is -1.16. The SMILES string of the molecule is CC/C=C\C/C=C\C/C=C\C/C=C\CCCCCCCCC(=O)SCCNC(=O)CCNC(=O)[C@H](O)C(C)(C)COP(=O)([O-])OP(=O)([O-])OC[C@H]1O[C@@H](n2cnc3c(N)ncnc32)[C@H](O)[C@@H]1OP(=O)([O-])[O-]. The Morgan fingerprint density at radius 2 is 1.49 bits per heavy atom. The Labute approximate surface area is 417 Å². The standard InChI is InChI=1S/C43H70N7O17P3S/c1-4-5-6-7-8-9-10-11-12-13-14-15-16-17-18-19-20-21-22-23-34(52)71-27-26-45-33(51)24-25-46-41(55)38(54)43(2,3)29-64-70(61,62)67-69(59,60)63-28-32-37(66-68(56,57)58)36(53)42(65-32)50-31-49-35-39(44)47-30-48-40(35)50/h5-6,8-9,11-12,14-15,30-32,36-38,42,53-54H,4,7,10,13,16-29H2,1-3H3,(H,45,51)(H,46,55)(H,59,60)(H,61,62)(H2,44,47,48)(H2,56,57,58)/p-4/b6-5-,9-8-,12-11-,15-14-/t32-,36-,37-,38+,42-/m1/s1. The minimum atomic E-state index is -5.92. The zero-order valence-corrected chi connectivity index (χ0v) is 43.5. The molecule has 1 aliphatic heterocycles. The van der Waals surface area contributed by atoms with Crippen molar-refractivity contribution in [3.63, 3.8) is 0 Å². The number of nitrogens with one attached hydrogen (secondary N) is 2. The number of nitrogens with zero attached hydrogens (tertiary/aromatic N) is 4. The molecule has 0 radical (unpaired) electrons. The largest absolute Gasteiger partial charge is 0.790 e. The molecule has 0 saturated carbocycles. The summed E-state index contributed by atoms with van der Waals surface area (Å²) in [5, 5.41) is 26.5. The van der Waals surface area contributed by atoms with E-state index in [-0.39, 0.29) is 41.6 Å². The molecule has 2 aromatic rings. The van der Waals surface area contributed by atoms with Gasteiger partial charge in [0.25, 0.3) is 15.6 Å². The molecule has 1 saturated heterocycles. The van der Waals surface area contributed by atoms with Gasteiger partial charge >= 0.3 is 0 Å². The predicted octanol–water partition coefficient (Wildman–Crippen LogP) is 3.06. The summed E-state index contributed by atoms with van der Waals surface area (Å²) < 4.78 is 60.9. The minimum Gasteiger partial charge on any atom is -0.790 e. The lowest BCUT2D eigenvalue weighted by atomic mass is 9.87. The summed E-state index contributed by atoms with van der Waals surface area (Å²) in [6.45, 7) is 2.27. The molecule has 0 aromatic carbocycles. The van der Waals surface area contributed by atoms with Gasteiger partial charge in [-0.1, -0.05) is 107 Å². The summed E-state index contributed by atoms with van der Waals surface area (Å²) in [6, 6.07) is 0. The number of nitrogen functional groups attached to an aromatic ring is 1. The zero-order chi connectivity index (χ0) is 52.5. The molecule has 400 valence electrons. The van der Waals surface area contributed by atoms with Crippen LogP contribution >= 0.6 is 35.2 Å². The number of aromatic nitrogens is 4. The van der Waals surface area contributed by atoms with Crippen molar-refractivity contribution in [2.75, 3.05) is 37.8 Å². The Balaban J connectivity index is 1.27. The highest BCUT2D eigenvalue weighted by molar-refractivity contribution is 8.13. The maximum Gasteiger partial charge on any atom is 0.274 e. The van der Waals surface area contributed by atoms with E-state index in [0.717, 1.165) is 99.6 Å². The number of ether oxygens (including phenoxy) is 1. The normalized spacial score (nSPS) is 20.1. The lowest BCUT2D eigenvalue weighted by Crippen LogP contribution is -2.46. The van der Waals surface area contributed by atoms with Crippen LogP contribution in [0.2, 0.25) is 0 Å². The average Bonchev–Trinajstić information content (AvgIpc) is 3.86. The molecule has 0 bridgehead atoms. The molecule has 3 rings (SSSR count). The number of carbonyl (C=O) groups excluding carboxylic acids is 3. The number of allylic oxidation sites excluding steroid dienone is 8. The van der Waals surface area contributed by atoms with Gasteiger partial charge in [-0.25, -0.2) is 19.3 Å². The fraction of sp³-hybridized carbons (Fsp3) is 0.628. The van der Waals surface area contributed by atoms with Crippen molar-refractivity contribution in [1.82, 2.24) is 30.2 Å². The summed E-state index contributed by atoms with van der Waals surface area (Å²) in [6.07, 6.45) is 21.7. The van der Waals surface area contributed by atoms with Gasteiger partial charge in [-0.2, -0.15) is 0 Å². The van der Waals surface area contributed by atoms with Crippen molar-refractivity contribution in [3.05, 3.63) is 61.3 Å². The predicted molar refractivity (Wildman–Crippen MR) is 256 cm³/mol. The summed E-state index contributed by atoms with van der Waals surface area (Å²) >= 11 is 1.13. The van der Waals surface area contributed by atoms with E-state index >= 15 is 0 Å². The topological polar surface area (TPSA) is 375 Å². The van der Waals surface area contributed by atoms with Crippen LogP contribution in [0.25, 0.3) is 11.2 Å². The van der Waals surface area contributed by atoms with E-state index in [0.29, 0.717) is 12.2 Å². The van der Waals surface area contributed by atoms with Crippen molar-refractivity contribution < 1.29 is 80.5 Å². The van der Waals surface area contributed by atoms with Crippen LogP contribution in [-0.4, -0.2) is 103 Å². The summed E-state index contributed by atoms with van der Waals surface area (Å²) in [5.41, 5.74) is 4.09. The second-order valence-electron chi connectivity index (χ2n) is 16.9. The van der Waals surface area contributed by atoms with Crippen molar-refractivity contribution in [3.8, 4) is 0 Å². The van der Waals surface area contributed by atoms with Crippen LogP contribution in [0.15, 0.2) is 61.3 Å². The van der Waals surface area contributed by atoms with Crippen molar-refractivity contribution >= 4 is 69.1 Å². The smallest absolute Gasteiger partial charge is 0.274 e. The highest BCUT2D eigenvalue weighted by Gasteiger charge is 2.47. The Bertz CT molecular complexity index is 2260. The Morgan fingerprint density at radius 1 is 0.873 bits per heavy atom. The van der Waals surface area contributed by atoms with Crippen LogP contribution in [0.1, 0.15) is 110 Å². The number of carbonyl (C=O) groups is 3. The van der Waals surface area contributed by atoms with Crippen LogP contribution in [0.3, 0.4) is 0 Å². The number of phosphoric acid groups is 3. The van der Waals surface area contributed by atoms with Crippen molar-refractivity contribution in [1.29, 1.82) is 0 Å². The van der Waals surface area contributed by atoms with E-state index in [1.807, 2.05) is 0 Å². The number of anilines is 1. The molecular weight excluding hydrogens is 1010 g/mol. The molecule has 3 heterocycles. The molecule has 24 nitrogen and oxygen atoms in total.